The average Bonchev–Trinajstić information content (AvgIpc) is 3.53. The normalized spacial score (nSPS) is 17.2. The lowest BCUT2D eigenvalue weighted by Crippen LogP contribution is -2.57. The third-order valence-electron chi connectivity index (χ3n) is 7.21. The first-order valence-electron chi connectivity index (χ1n) is 11.4. The number of likely N-dealkylation sites (N-methyl/N-ethyl adjacent to an activating group) is 1. The topological polar surface area (TPSA) is 44.8 Å². The van der Waals surface area contributed by atoms with Gasteiger partial charge in [-0.1, -0.05) is 24.3 Å². The third kappa shape index (κ3) is 3.72. The first kappa shape index (κ1) is 21.7. The molecule has 1 saturated heterocycles. The summed E-state index contributed by atoms with van der Waals surface area (Å²) < 4.78 is 20.1. The number of anilines is 1. The molecule has 3 aromatic rings. The van der Waals surface area contributed by atoms with Gasteiger partial charge in [0.2, 0.25) is 0 Å². The molecule has 5 nitrogen and oxygen atoms in total. The first-order valence-corrected chi connectivity index (χ1v) is 11.4. The minimum absolute atomic E-state index is 0.0862. The van der Waals surface area contributed by atoms with E-state index in [-0.39, 0.29) is 11.7 Å². The van der Waals surface area contributed by atoms with Crippen molar-refractivity contribution in [1.29, 1.82) is 0 Å². The summed E-state index contributed by atoms with van der Waals surface area (Å²) in [7, 11) is 5.74. The van der Waals surface area contributed by atoms with E-state index < -0.39 is 5.54 Å². The molecule has 0 atom stereocenters. The van der Waals surface area contributed by atoms with Crippen molar-refractivity contribution < 1.29 is 13.9 Å². The molecule has 172 valence electrons. The zero-order valence-corrected chi connectivity index (χ0v) is 19.6. The van der Waals surface area contributed by atoms with E-state index in [1.807, 2.05) is 31.2 Å². The number of nitrogens with zero attached hydrogens (tertiary/aromatic N) is 2. The molecule has 2 aliphatic rings. The molecule has 1 N–H and O–H groups in total. The maximum absolute atomic E-state index is 14.7. The molecule has 1 saturated carbocycles. The lowest BCUT2D eigenvalue weighted by atomic mass is 9.95. The standard InChI is InChI=1S/C27H30FN3O2/c1-17-8-9-18(31-15-19(16-31)30(2)3)14-21(17)26(32)29-27(12-13-27)22-10-11-24(33-4)25-20(22)6-5-7-23(25)28/h5-11,14,19H,12-13,15-16H2,1-4H3,(H,29,32). The van der Waals surface area contributed by atoms with Gasteiger partial charge in [-0.05, 0) is 74.6 Å². The molecule has 0 radical (unpaired) electrons. The fourth-order valence-electron chi connectivity index (χ4n) is 4.83. The van der Waals surface area contributed by atoms with Crippen LogP contribution < -0.4 is 15.0 Å². The van der Waals surface area contributed by atoms with Crippen molar-refractivity contribution in [2.75, 3.05) is 39.2 Å². The number of rotatable bonds is 6. The minimum Gasteiger partial charge on any atom is -0.496 e. The number of aryl methyl sites for hydroxylation is 1. The van der Waals surface area contributed by atoms with Gasteiger partial charge in [0.15, 0.2) is 0 Å². The molecule has 1 heterocycles. The molecule has 1 aliphatic heterocycles. The molecule has 33 heavy (non-hydrogen) atoms. The van der Waals surface area contributed by atoms with Gasteiger partial charge in [-0.15, -0.1) is 0 Å². The van der Waals surface area contributed by atoms with Gasteiger partial charge < -0.3 is 19.9 Å². The van der Waals surface area contributed by atoms with Crippen molar-refractivity contribution in [2.24, 2.45) is 0 Å². The minimum atomic E-state index is -0.482. The largest absolute Gasteiger partial charge is 0.496 e. The van der Waals surface area contributed by atoms with Crippen molar-refractivity contribution in [3.63, 3.8) is 0 Å². The first-order chi connectivity index (χ1) is 15.8. The summed E-state index contributed by atoms with van der Waals surface area (Å²) in [5.74, 6) is 0.0995. The van der Waals surface area contributed by atoms with Crippen LogP contribution in [-0.2, 0) is 5.54 Å². The molecule has 6 heteroatoms. The molecular formula is C27H30FN3O2. The lowest BCUT2D eigenvalue weighted by molar-refractivity contribution is 0.0930. The molecule has 0 unspecified atom stereocenters. The second-order valence-electron chi connectivity index (χ2n) is 9.54. The number of fused-ring (bicyclic) bond motifs is 1. The van der Waals surface area contributed by atoms with Crippen LogP contribution in [0.2, 0.25) is 0 Å². The summed E-state index contributed by atoms with van der Waals surface area (Å²) >= 11 is 0. The maximum Gasteiger partial charge on any atom is 0.252 e. The monoisotopic (exact) mass is 447 g/mol. The Morgan fingerprint density at radius 1 is 1.15 bits per heavy atom. The molecule has 2 fully saturated rings. The van der Waals surface area contributed by atoms with E-state index in [2.05, 4.69) is 35.3 Å². The molecule has 5 rings (SSSR count). The van der Waals surface area contributed by atoms with Gasteiger partial charge >= 0.3 is 0 Å². The number of benzene rings is 3. The van der Waals surface area contributed by atoms with Crippen LogP contribution in [0, 0.1) is 12.7 Å². The van der Waals surface area contributed by atoms with E-state index in [1.165, 1.54) is 6.07 Å². The Kier molecular flexibility index (Phi) is 5.28. The predicted octanol–water partition coefficient (Wildman–Crippen LogP) is 4.47. The SMILES string of the molecule is COc1ccc(C2(NC(=O)c3cc(N4CC(N(C)C)C4)ccc3C)CC2)c2cccc(F)c12. The van der Waals surface area contributed by atoms with E-state index in [0.717, 1.165) is 48.1 Å². The van der Waals surface area contributed by atoms with Gasteiger partial charge in [0.25, 0.3) is 5.91 Å². The van der Waals surface area contributed by atoms with Crippen molar-refractivity contribution >= 4 is 22.4 Å². The van der Waals surface area contributed by atoms with E-state index in [0.29, 0.717) is 22.7 Å². The molecule has 0 aromatic heterocycles. The second-order valence-corrected chi connectivity index (χ2v) is 9.54. The summed E-state index contributed by atoms with van der Waals surface area (Å²) in [5.41, 5.74) is 3.17. The van der Waals surface area contributed by atoms with Crippen LogP contribution in [0.4, 0.5) is 10.1 Å². The number of hydrogen-bond donors (Lipinski definition) is 1. The maximum atomic E-state index is 14.7. The Morgan fingerprint density at radius 2 is 1.91 bits per heavy atom. The Hall–Kier alpha value is -3.12. The van der Waals surface area contributed by atoms with Gasteiger partial charge in [0.1, 0.15) is 11.6 Å². The van der Waals surface area contributed by atoms with Crippen molar-refractivity contribution in [3.8, 4) is 5.75 Å². The van der Waals surface area contributed by atoms with Crippen molar-refractivity contribution in [3.05, 3.63) is 71.0 Å². The third-order valence-corrected chi connectivity index (χ3v) is 7.21. The highest BCUT2D eigenvalue weighted by Gasteiger charge is 2.47. The number of nitrogens with one attached hydrogen (secondary N) is 1. The Morgan fingerprint density at radius 3 is 2.58 bits per heavy atom. The fraction of sp³-hybridized carbons (Fsp3) is 0.370. The molecular weight excluding hydrogens is 417 g/mol. The van der Waals surface area contributed by atoms with Crippen LogP contribution in [0.5, 0.6) is 5.75 Å². The summed E-state index contributed by atoms with van der Waals surface area (Å²) in [4.78, 5) is 18.0. The van der Waals surface area contributed by atoms with Crippen molar-refractivity contribution in [2.45, 2.75) is 31.3 Å². The number of carbonyl (C=O) groups is 1. The highest BCUT2D eigenvalue weighted by molar-refractivity contribution is 5.99. The van der Waals surface area contributed by atoms with Crippen LogP contribution >= 0.6 is 0 Å². The number of amides is 1. The average molecular weight is 448 g/mol. The van der Waals surface area contributed by atoms with Crippen LogP contribution in [0.25, 0.3) is 10.8 Å². The smallest absolute Gasteiger partial charge is 0.252 e. The number of hydrogen-bond acceptors (Lipinski definition) is 4. The summed E-state index contributed by atoms with van der Waals surface area (Å²) in [6, 6.07) is 15.5. The highest BCUT2D eigenvalue weighted by Crippen LogP contribution is 2.49. The Labute approximate surface area is 194 Å². The zero-order valence-electron chi connectivity index (χ0n) is 19.6. The summed E-state index contributed by atoms with van der Waals surface area (Å²) in [5, 5.41) is 4.54. The van der Waals surface area contributed by atoms with E-state index in [9.17, 15) is 9.18 Å². The molecule has 0 spiro atoms. The number of halogens is 1. The van der Waals surface area contributed by atoms with E-state index >= 15 is 0 Å². The fourth-order valence-corrected chi connectivity index (χ4v) is 4.83. The molecule has 1 amide bonds. The zero-order chi connectivity index (χ0) is 23.3. The van der Waals surface area contributed by atoms with E-state index in [4.69, 9.17) is 4.74 Å². The van der Waals surface area contributed by atoms with Crippen LogP contribution in [-0.4, -0.2) is 51.1 Å². The Bertz CT molecular complexity index is 1230. The van der Waals surface area contributed by atoms with Crippen molar-refractivity contribution in [1.82, 2.24) is 10.2 Å². The molecule has 1 aliphatic carbocycles. The lowest BCUT2D eigenvalue weighted by Gasteiger charge is -2.44. The second kappa shape index (κ2) is 8.03. The summed E-state index contributed by atoms with van der Waals surface area (Å²) in [6.45, 7) is 3.89. The number of carbonyl (C=O) groups excluding carboxylic acids is 1. The van der Waals surface area contributed by atoms with Gasteiger partial charge in [-0.2, -0.15) is 0 Å². The number of ether oxygens (including phenoxy) is 1. The van der Waals surface area contributed by atoms with E-state index in [1.54, 1.807) is 19.2 Å². The highest BCUT2D eigenvalue weighted by atomic mass is 19.1. The molecule has 0 bridgehead atoms. The number of methoxy groups -OCH3 is 1. The van der Waals surface area contributed by atoms with Crippen LogP contribution in [0.3, 0.4) is 0 Å². The van der Waals surface area contributed by atoms with Gasteiger partial charge in [0.05, 0.1) is 18.0 Å². The van der Waals surface area contributed by atoms with Crippen LogP contribution in [0.15, 0.2) is 48.5 Å². The van der Waals surface area contributed by atoms with Gasteiger partial charge in [-0.3, -0.25) is 4.79 Å². The van der Waals surface area contributed by atoms with Crippen LogP contribution in [0.1, 0.15) is 34.3 Å². The van der Waals surface area contributed by atoms with Gasteiger partial charge in [-0.25, -0.2) is 4.39 Å². The molecule has 3 aromatic carbocycles. The quantitative estimate of drug-likeness (QED) is 0.606. The Balaban J connectivity index is 1.43. The van der Waals surface area contributed by atoms with Gasteiger partial charge in [0, 0.05) is 30.4 Å². The summed E-state index contributed by atoms with van der Waals surface area (Å²) in [6.07, 6.45) is 1.65. The predicted molar refractivity (Wildman–Crippen MR) is 130 cm³/mol.